The van der Waals surface area contributed by atoms with Crippen LogP contribution in [0.3, 0.4) is 0 Å². The van der Waals surface area contributed by atoms with E-state index in [1.54, 1.807) is 31.2 Å². The number of hydrogen-bond donors (Lipinski definition) is 1. The van der Waals surface area contributed by atoms with Crippen LogP contribution in [0.5, 0.6) is 0 Å². The number of nitrogens with one attached hydrogen (secondary N) is 1. The van der Waals surface area contributed by atoms with E-state index in [1.807, 2.05) is 6.92 Å². The summed E-state index contributed by atoms with van der Waals surface area (Å²) < 4.78 is 10.3. The molecule has 0 saturated heterocycles. The molecular weight excluding hydrogens is 324 g/mol. The molecule has 2 aromatic rings. The van der Waals surface area contributed by atoms with Crippen molar-refractivity contribution in [3.05, 3.63) is 46.8 Å². The fourth-order valence-corrected chi connectivity index (χ4v) is 2.35. The molecule has 1 amide bonds. The number of ketones is 1. The number of amides is 1. The molecule has 0 radical (unpaired) electrons. The van der Waals surface area contributed by atoms with Crippen LogP contribution in [0, 0.1) is 6.92 Å². The SMILES string of the molecule is CCc1noc(C)c1C(=O)O[C@@H](C)C(=O)c1ccc(NC(C)=O)cc1. The predicted molar refractivity (Wildman–Crippen MR) is 90.6 cm³/mol. The number of Topliss-reactive ketones (excluding diaryl/α,β-unsaturated/α-hetero) is 1. The standard InChI is InChI=1S/C18H20N2O5/c1-5-15-16(10(2)25-20-15)18(23)24-11(3)17(22)13-6-8-14(9-7-13)19-12(4)21/h6-9,11H,5H2,1-4H3,(H,19,21)/t11-/m0/s1. The van der Waals surface area contributed by atoms with Crippen molar-refractivity contribution < 1.29 is 23.6 Å². The molecule has 7 nitrogen and oxygen atoms in total. The Labute approximate surface area is 145 Å². The molecule has 0 spiro atoms. The maximum Gasteiger partial charge on any atom is 0.344 e. The monoisotopic (exact) mass is 344 g/mol. The van der Waals surface area contributed by atoms with Gasteiger partial charge in [0.2, 0.25) is 11.7 Å². The lowest BCUT2D eigenvalue weighted by molar-refractivity contribution is -0.114. The lowest BCUT2D eigenvalue weighted by Crippen LogP contribution is -2.25. The van der Waals surface area contributed by atoms with Crippen LogP contribution in [0.4, 0.5) is 5.69 Å². The van der Waals surface area contributed by atoms with Gasteiger partial charge >= 0.3 is 5.97 Å². The zero-order valence-electron chi connectivity index (χ0n) is 14.6. The minimum Gasteiger partial charge on any atom is -0.451 e. The zero-order chi connectivity index (χ0) is 18.6. The first kappa shape index (κ1) is 18.4. The van der Waals surface area contributed by atoms with Gasteiger partial charge in [-0.15, -0.1) is 0 Å². The highest BCUT2D eigenvalue weighted by Gasteiger charge is 2.25. The second kappa shape index (κ2) is 7.74. The predicted octanol–water partition coefficient (Wildman–Crippen LogP) is 2.93. The summed E-state index contributed by atoms with van der Waals surface area (Å²) in [5.41, 5.74) is 1.73. The Hall–Kier alpha value is -2.96. The molecule has 7 heteroatoms. The van der Waals surface area contributed by atoms with Crippen molar-refractivity contribution in [3.63, 3.8) is 0 Å². The molecule has 1 aromatic heterocycles. The summed E-state index contributed by atoms with van der Waals surface area (Å²) in [6.45, 7) is 6.38. The van der Waals surface area contributed by atoms with E-state index < -0.39 is 12.1 Å². The van der Waals surface area contributed by atoms with Gasteiger partial charge in [0.1, 0.15) is 11.3 Å². The summed E-state index contributed by atoms with van der Waals surface area (Å²) in [4.78, 5) is 35.7. The summed E-state index contributed by atoms with van der Waals surface area (Å²) in [5, 5.41) is 6.42. The average molecular weight is 344 g/mol. The average Bonchev–Trinajstić information content (AvgIpc) is 2.95. The number of carbonyl (C=O) groups is 3. The molecule has 1 N–H and O–H groups in total. The number of benzene rings is 1. The first-order chi connectivity index (χ1) is 11.8. The number of rotatable bonds is 6. The van der Waals surface area contributed by atoms with Crippen LogP contribution in [0.2, 0.25) is 0 Å². The molecule has 0 fully saturated rings. The summed E-state index contributed by atoms with van der Waals surface area (Å²) >= 11 is 0. The number of aromatic nitrogens is 1. The van der Waals surface area contributed by atoms with Crippen LogP contribution in [-0.2, 0) is 16.0 Å². The number of hydrogen-bond acceptors (Lipinski definition) is 6. The van der Waals surface area contributed by atoms with Gasteiger partial charge in [-0.2, -0.15) is 0 Å². The molecule has 0 aliphatic heterocycles. The fraction of sp³-hybridized carbons (Fsp3) is 0.333. The second-order valence-corrected chi connectivity index (χ2v) is 5.58. The van der Waals surface area contributed by atoms with E-state index in [0.717, 1.165) is 0 Å². The molecule has 0 aliphatic rings. The van der Waals surface area contributed by atoms with Gasteiger partial charge in [0.15, 0.2) is 6.10 Å². The Morgan fingerprint density at radius 3 is 2.44 bits per heavy atom. The third kappa shape index (κ3) is 4.32. The molecule has 0 saturated carbocycles. The van der Waals surface area contributed by atoms with Crippen molar-refractivity contribution in [2.75, 3.05) is 5.32 Å². The van der Waals surface area contributed by atoms with Gasteiger partial charge in [-0.1, -0.05) is 12.1 Å². The molecule has 1 aromatic carbocycles. The van der Waals surface area contributed by atoms with Gasteiger partial charge in [0, 0.05) is 18.2 Å². The maximum atomic E-state index is 12.4. The van der Waals surface area contributed by atoms with Crippen molar-refractivity contribution in [1.82, 2.24) is 5.16 Å². The molecule has 25 heavy (non-hydrogen) atoms. The number of esters is 1. The van der Waals surface area contributed by atoms with Crippen molar-refractivity contribution in [3.8, 4) is 0 Å². The van der Waals surface area contributed by atoms with Crippen LogP contribution >= 0.6 is 0 Å². The van der Waals surface area contributed by atoms with E-state index in [2.05, 4.69) is 10.5 Å². The molecule has 1 atom stereocenters. The van der Waals surface area contributed by atoms with Gasteiger partial charge in [0.05, 0.1) is 5.69 Å². The van der Waals surface area contributed by atoms with E-state index in [0.29, 0.717) is 29.1 Å². The van der Waals surface area contributed by atoms with Gasteiger partial charge in [-0.25, -0.2) is 4.79 Å². The fourth-order valence-electron chi connectivity index (χ4n) is 2.35. The summed E-state index contributed by atoms with van der Waals surface area (Å²) in [5.74, 6) is -0.806. The van der Waals surface area contributed by atoms with Crippen molar-refractivity contribution in [2.24, 2.45) is 0 Å². The Kier molecular flexibility index (Phi) is 5.69. The molecule has 132 valence electrons. The largest absolute Gasteiger partial charge is 0.451 e. The Morgan fingerprint density at radius 1 is 1.24 bits per heavy atom. The van der Waals surface area contributed by atoms with E-state index in [9.17, 15) is 14.4 Å². The molecule has 1 heterocycles. The first-order valence-electron chi connectivity index (χ1n) is 7.91. The molecule has 0 bridgehead atoms. The lowest BCUT2D eigenvalue weighted by Gasteiger charge is -2.13. The van der Waals surface area contributed by atoms with Crippen molar-refractivity contribution in [2.45, 2.75) is 40.2 Å². The zero-order valence-corrected chi connectivity index (χ0v) is 14.6. The minimum atomic E-state index is -0.960. The van der Waals surface area contributed by atoms with Crippen LogP contribution in [0.1, 0.15) is 52.9 Å². The van der Waals surface area contributed by atoms with Gasteiger partial charge in [-0.3, -0.25) is 9.59 Å². The summed E-state index contributed by atoms with van der Waals surface area (Å²) in [6, 6.07) is 6.37. The van der Waals surface area contributed by atoms with E-state index in [4.69, 9.17) is 9.26 Å². The number of nitrogens with zero attached hydrogens (tertiary/aromatic N) is 1. The van der Waals surface area contributed by atoms with E-state index >= 15 is 0 Å². The third-order valence-electron chi connectivity index (χ3n) is 3.62. The van der Waals surface area contributed by atoms with Gasteiger partial charge in [0.25, 0.3) is 0 Å². The van der Waals surface area contributed by atoms with Crippen molar-refractivity contribution in [1.29, 1.82) is 0 Å². The number of ether oxygens (including phenoxy) is 1. The van der Waals surface area contributed by atoms with E-state index in [1.165, 1.54) is 13.8 Å². The van der Waals surface area contributed by atoms with Crippen LogP contribution in [-0.4, -0.2) is 28.9 Å². The second-order valence-electron chi connectivity index (χ2n) is 5.58. The van der Waals surface area contributed by atoms with Gasteiger partial charge in [-0.05, 0) is 44.5 Å². The number of aryl methyl sites for hydroxylation is 2. The Balaban J connectivity index is 2.08. The lowest BCUT2D eigenvalue weighted by atomic mass is 10.1. The minimum absolute atomic E-state index is 0.197. The van der Waals surface area contributed by atoms with E-state index in [-0.39, 0.29) is 17.3 Å². The molecule has 2 rings (SSSR count). The third-order valence-corrected chi connectivity index (χ3v) is 3.62. The summed E-state index contributed by atoms with van der Waals surface area (Å²) in [6.07, 6.45) is -0.438. The molecule has 0 aliphatic carbocycles. The maximum absolute atomic E-state index is 12.4. The Bertz CT molecular complexity index is 792. The highest BCUT2D eigenvalue weighted by molar-refractivity contribution is 6.02. The first-order valence-corrected chi connectivity index (χ1v) is 7.91. The Morgan fingerprint density at radius 2 is 1.88 bits per heavy atom. The summed E-state index contributed by atoms with van der Waals surface area (Å²) in [7, 11) is 0. The highest BCUT2D eigenvalue weighted by atomic mass is 16.5. The topological polar surface area (TPSA) is 98.5 Å². The number of anilines is 1. The quantitative estimate of drug-likeness (QED) is 0.639. The van der Waals surface area contributed by atoms with Crippen LogP contribution in [0.15, 0.2) is 28.8 Å². The smallest absolute Gasteiger partial charge is 0.344 e. The van der Waals surface area contributed by atoms with Crippen LogP contribution in [0.25, 0.3) is 0 Å². The van der Waals surface area contributed by atoms with Crippen molar-refractivity contribution >= 4 is 23.3 Å². The van der Waals surface area contributed by atoms with Gasteiger partial charge < -0.3 is 14.6 Å². The highest BCUT2D eigenvalue weighted by Crippen LogP contribution is 2.18. The van der Waals surface area contributed by atoms with Crippen LogP contribution < -0.4 is 5.32 Å². The number of carbonyl (C=O) groups excluding carboxylic acids is 3. The molecule has 0 unspecified atom stereocenters. The normalized spacial score (nSPS) is 11.7. The molecular formula is C18H20N2O5.